The van der Waals surface area contributed by atoms with Gasteiger partial charge in [0.25, 0.3) is 0 Å². The van der Waals surface area contributed by atoms with Crippen LogP contribution in [0.25, 0.3) is 5.65 Å². The van der Waals surface area contributed by atoms with E-state index in [0.29, 0.717) is 13.0 Å². The number of pyridine rings is 1. The average Bonchev–Trinajstić information content (AvgIpc) is 2.95. The lowest BCUT2D eigenvalue weighted by molar-refractivity contribution is -0.131. The summed E-state index contributed by atoms with van der Waals surface area (Å²) in [5, 5.41) is 0. The SMILES string of the molecule is Cc1ccn2cc(CC(=O)N3CCc4ccccc4C3)nc2c1. The third-order valence-electron chi connectivity index (χ3n) is 4.48. The van der Waals surface area contributed by atoms with Crippen molar-refractivity contribution in [1.29, 1.82) is 0 Å². The van der Waals surface area contributed by atoms with Crippen molar-refractivity contribution < 1.29 is 4.79 Å². The Kier molecular flexibility index (Phi) is 3.37. The van der Waals surface area contributed by atoms with Crippen LogP contribution in [0.15, 0.2) is 48.8 Å². The summed E-state index contributed by atoms with van der Waals surface area (Å²) in [5.41, 5.74) is 5.53. The van der Waals surface area contributed by atoms with Crippen molar-refractivity contribution in [1.82, 2.24) is 14.3 Å². The first-order valence-corrected chi connectivity index (χ1v) is 7.98. The van der Waals surface area contributed by atoms with Gasteiger partial charge in [-0.15, -0.1) is 0 Å². The lowest BCUT2D eigenvalue weighted by Gasteiger charge is -2.28. The Balaban J connectivity index is 1.51. The summed E-state index contributed by atoms with van der Waals surface area (Å²) in [4.78, 5) is 19.1. The molecule has 4 nitrogen and oxygen atoms in total. The van der Waals surface area contributed by atoms with Gasteiger partial charge in [0.1, 0.15) is 5.65 Å². The van der Waals surface area contributed by atoms with Crippen LogP contribution in [0.3, 0.4) is 0 Å². The van der Waals surface area contributed by atoms with Gasteiger partial charge in [-0.2, -0.15) is 0 Å². The van der Waals surface area contributed by atoms with E-state index in [9.17, 15) is 4.79 Å². The fraction of sp³-hybridized carbons (Fsp3) is 0.263. The van der Waals surface area contributed by atoms with E-state index >= 15 is 0 Å². The van der Waals surface area contributed by atoms with Gasteiger partial charge in [0, 0.05) is 25.5 Å². The molecule has 1 aliphatic rings. The van der Waals surface area contributed by atoms with E-state index in [1.54, 1.807) is 0 Å². The molecule has 116 valence electrons. The molecule has 4 rings (SSSR count). The van der Waals surface area contributed by atoms with Gasteiger partial charge in [-0.3, -0.25) is 4.79 Å². The van der Waals surface area contributed by atoms with Crippen LogP contribution >= 0.6 is 0 Å². The number of aromatic nitrogens is 2. The summed E-state index contributed by atoms with van der Waals surface area (Å²) >= 11 is 0. The molecule has 1 aliphatic heterocycles. The number of rotatable bonds is 2. The minimum absolute atomic E-state index is 0.152. The van der Waals surface area contributed by atoms with Gasteiger partial charge >= 0.3 is 0 Å². The molecule has 0 saturated heterocycles. The highest BCUT2D eigenvalue weighted by Gasteiger charge is 2.21. The van der Waals surface area contributed by atoms with E-state index < -0.39 is 0 Å². The third kappa shape index (κ3) is 2.72. The molecule has 3 aromatic rings. The molecule has 4 heteroatoms. The van der Waals surface area contributed by atoms with Crippen LogP contribution in [0, 0.1) is 6.92 Å². The summed E-state index contributed by atoms with van der Waals surface area (Å²) in [6.07, 6.45) is 5.24. The Morgan fingerprint density at radius 2 is 2.04 bits per heavy atom. The second-order valence-corrected chi connectivity index (χ2v) is 6.21. The molecule has 3 heterocycles. The molecule has 0 aliphatic carbocycles. The van der Waals surface area contributed by atoms with E-state index in [1.807, 2.05) is 46.8 Å². The first-order chi connectivity index (χ1) is 11.2. The zero-order chi connectivity index (χ0) is 15.8. The molecule has 1 amide bonds. The van der Waals surface area contributed by atoms with Crippen LogP contribution in [-0.2, 0) is 24.2 Å². The lowest BCUT2D eigenvalue weighted by Crippen LogP contribution is -2.36. The number of carbonyl (C=O) groups is 1. The quantitative estimate of drug-likeness (QED) is 0.730. The molecule has 0 radical (unpaired) electrons. The Morgan fingerprint density at radius 1 is 1.22 bits per heavy atom. The highest BCUT2D eigenvalue weighted by molar-refractivity contribution is 5.78. The van der Waals surface area contributed by atoms with Crippen LogP contribution in [0.2, 0.25) is 0 Å². The smallest absolute Gasteiger partial charge is 0.228 e. The molecule has 0 atom stereocenters. The summed E-state index contributed by atoms with van der Waals surface area (Å²) in [5.74, 6) is 0.152. The number of benzene rings is 1. The fourth-order valence-electron chi connectivity index (χ4n) is 3.20. The van der Waals surface area contributed by atoms with Gasteiger partial charge in [-0.1, -0.05) is 24.3 Å². The van der Waals surface area contributed by atoms with E-state index in [4.69, 9.17) is 0 Å². The maximum Gasteiger partial charge on any atom is 0.228 e. The number of amides is 1. The average molecular weight is 305 g/mol. The van der Waals surface area contributed by atoms with Gasteiger partial charge < -0.3 is 9.30 Å². The molecule has 0 N–H and O–H groups in total. The first kappa shape index (κ1) is 14.0. The first-order valence-electron chi connectivity index (χ1n) is 7.98. The molecule has 0 bridgehead atoms. The molecule has 23 heavy (non-hydrogen) atoms. The number of fused-ring (bicyclic) bond motifs is 2. The predicted molar refractivity (Wildman–Crippen MR) is 89.2 cm³/mol. The summed E-state index contributed by atoms with van der Waals surface area (Å²) in [7, 11) is 0. The summed E-state index contributed by atoms with van der Waals surface area (Å²) in [6.45, 7) is 3.55. The molecule has 0 unspecified atom stereocenters. The Bertz CT molecular complexity index is 881. The van der Waals surface area contributed by atoms with E-state index in [1.165, 1.54) is 16.7 Å². The molecule has 0 fully saturated rings. The second-order valence-electron chi connectivity index (χ2n) is 6.21. The monoisotopic (exact) mass is 305 g/mol. The summed E-state index contributed by atoms with van der Waals surface area (Å²) in [6, 6.07) is 12.4. The van der Waals surface area contributed by atoms with Crippen LogP contribution in [-0.4, -0.2) is 26.7 Å². The normalized spacial score (nSPS) is 14.0. The number of hydrogen-bond donors (Lipinski definition) is 0. The van der Waals surface area contributed by atoms with Gasteiger partial charge in [0.05, 0.1) is 12.1 Å². The highest BCUT2D eigenvalue weighted by atomic mass is 16.2. The van der Waals surface area contributed by atoms with Gasteiger partial charge in [-0.05, 0) is 42.2 Å². The molecule has 1 aromatic carbocycles. The number of hydrogen-bond acceptors (Lipinski definition) is 2. The number of imidazole rings is 1. The second kappa shape index (κ2) is 5.54. The van der Waals surface area contributed by atoms with Gasteiger partial charge in [-0.25, -0.2) is 4.98 Å². The Morgan fingerprint density at radius 3 is 2.91 bits per heavy atom. The molecular weight excluding hydrogens is 286 g/mol. The number of nitrogens with zero attached hydrogens (tertiary/aromatic N) is 3. The number of carbonyl (C=O) groups excluding carboxylic acids is 1. The molecule has 0 spiro atoms. The number of aryl methyl sites for hydroxylation is 1. The van der Waals surface area contributed by atoms with E-state index in [0.717, 1.165) is 24.3 Å². The van der Waals surface area contributed by atoms with Crippen LogP contribution in [0.4, 0.5) is 0 Å². The van der Waals surface area contributed by atoms with Crippen molar-refractivity contribution in [2.24, 2.45) is 0 Å². The van der Waals surface area contributed by atoms with Crippen molar-refractivity contribution in [2.75, 3.05) is 6.54 Å². The summed E-state index contributed by atoms with van der Waals surface area (Å²) < 4.78 is 1.97. The van der Waals surface area contributed by atoms with E-state index in [-0.39, 0.29) is 5.91 Å². The van der Waals surface area contributed by atoms with E-state index in [2.05, 4.69) is 23.2 Å². The maximum atomic E-state index is 12.6. The van der Waals surface area contributed by atoms with Crippen LogP contribution in [0.5, 0.6) is 0 Å². The maximum absolute atomic E-state index is 12.6. The van der Waals surface area contributed by atoms with Gasteiger partial charge in [0.15, 0.2) is 0 Å². The molecule has 2 aromatic heterocycles. The molecule has 0 saturated carbocycles. The Hall–Kier alpha value is -2.62. The van der Waals surface area contributed by atoms with Crippen LogP contribution < -0.4 is 0 Å². The van der Waals surface area contributed by atoms with Crippen molar-refractivity contribution in [2.45, 2.75) is 26.3 Å². The predicted octanol–water partition coefficient (Wildman–Crippen LogP) is 2.77. The Labute approximate surface area is 135 Å². The van der Waals surface area contributed by atoms with Crippen LogP contribution in [0.1, 0.15) is 22.4 Å². The largest absolute Gasteiger partial charge is 0.338 e. The lowest BCUT2D eigenvalue weighted by atomic mass is 10.00. The zero-order valence-electron chi connectivity index (χ0n) is 13.2. The minimum Gasteiger partial charge on any atom is -0.338 e. The van der Waals surface area contributed by atoms with Gasteiger partial charge in [0.2, 0.25) is 5.91 Å². The van der Waals surface area contributed by atoms with Crippen molar-refractivity contribution in [3.05, 3.63) is 71.2 Å². The minimum atomic E-state index is 0.152. The zero-order valence-corrected chi connectivity index (χ0v) is 13.2. The molecular formula is C19H19N3O. The third-order valence-corrected chi connectivity index (χ3v) is 4.48. The fourth-order valence-corrected chi connectivity index (χ4v) is 3.20. The highest BCUT2D eigenvalue weighted by Crippen LogP contribution is 2.19. The standard InChI is InChI=1S/C19H19N3O/c1-14-6-8-21-13-17(20-18(21)10-14)11-19(23)22-9-7-15-4-2-3-5-16(15)12-22/h2-6,8,10,13H,7,9,11-12H2,1H3. The van der Waals surface area contributed by atoms with Crippen molar-refractivity contribution >= 4 is 11.6 Å². The van der Waals surface area contributed by atoms with Crippen molar-refractivity contribution in [3.8, 4) is 0 Å². The topological polar surface area (TPSA) is 37.6 Å². The van der Waals surface area contributed by atoms with Crippen molar-refractivity contribution in [3.63, 3.8) is 0 Å².